The molecule has 15 heavy (non-hydrogen) atoms. The number of nitrogens with two attached hydrogens (primary N) is 1. The topological polar surface area (TPSA) is 52.3 Å². The Hall–Kier alpha value is -1.35. The Morgan fingerprint density at radius 2 is 2.00 bits per heavy atom. The third kappa shape index (κ3) is 2.36. The van der Waals surface area contributed by atoms with Crippen LogP contribution >= 0.6 is 0 Å². The minimum atomic E-state index is -0.500. The van der Waals surface area contributed by atoms with Crippen molar-refractivity contribution in [3.63, 3.8) is 0 Å². The van der Waals surface area contributed by atoms with Gasteiger partial charge in [-0.1, -0.05) is 6.07 Å². The molecule has 0 radical (unpaired) electrons. The highest BCUT2D eigenvalue weighted by atomic mass is 16.5. The maximum Gasteiger partial charge on any atom is 0.182 e. The zero-order chi connectivity index (χ0) is 11.6. The number of hydrogen-bond acceptors (Lipinski definition) is 3. The SMILES string of the molecule is COc1c(C)cc(C)cc1C(=O)C(C)N. The summed E-state index contributed by atoms with van der Waals surface area (Å²) in [7, 11) is 1.57. The van der Waals surface area contributed by atoms with Crippen molar-refractivity contribution in [1.29, 1.82) is 0 Å². The van der Waals surface area contributed by atoms with Crippen molar-refractivity contribution in [3.8, 4) is 5.75 Å². The first-order chi connectivity index (χ1) is 6.97. The van der Waals surface area contributed by atoms with Crippen LogP contribution in [0.25, 0.3) is 0 Å². The number of methoxy groups -OCH3 is 1. The van der Waals surface area contributed by atoms with Gasteiger partial charge < -0.3 is 10.5 Å². The molecule has 82 valence electrons. The van der Waals surface area contributed by atoms with Crippen molar-refractivity contribution in [2.24, 2.45) is 5.73 Å². The Balaban J connectivity index is 3.32. The summed E-state index contributed by atoms with van der Waals surface area (Å²) in [4.78, 5) is 11.8. The fourth-order valence-electron chi connectivity index (χ4n) is 1.65. The standard InChI is InChI=1S/C12H17NO2/c1-7-5-8(2)12(15-4)10(6-7)11(14)9(3)13/h5-6,9H,13H2,1-4H3. The molecule has 1 aromatic rings. The number of carbonyl (C=O) groups is 1. The number of hydrogen-bond donors (Lipinski definition) is 1. The lowest BCUT2D eigenvalue weighted by molar-refractivity contribution is 0.0964. The fourth-order valence-corrected chi connectivity index (χ4v) is 1.65. The van der Waals surface area contributed by atoms with Crippen molar-refractivity contribution in [2.75, 3.05) is 7.11 Å². The number of ether oxygens (including phenoxy) is 1. The van der Waals surface area contributed by atoms with E-state index >= 15 is 0 Å². The van der Waals surface area contributed by atoms with Gasteiger partial charge in [-0.05, 0) is 38.0 Å². The monoisotopic (exact) mass is 207 g/mol. The molecule has 3 heteroatoms. The second-order valence-electron chi connectivity index (χ2n) is 3.82. The molecule has 0 saturated heterocycles. The van der Waals surface area contributed by atoms with Crippen molar-refractivity contribution < 1.29 is 9.53 Å². The van der Waals surface area contributed by atoms with Crippen LogP contribution in [-0.2, 0) is 0 Å². The minimum absolute atomic E-state index is 0.0846. The Bertz CT molecular complexity index is 383. The molecule has 0 amide bonds. The molecule has 0 aliphatic heterocycles. The van der Waals surface area contributed by atoms with Crippen molar-refractivity contribution in [3.05, 3.63) is 28.8 Å². The molecular weight excluding hydrogens is 190 g/mol. The molecular formula is C12H17NO2. The molecule has 1 aromatic carbocycles. The van der Waals surface area contributed by atoms with Crippen molar-refractivity contribution >= 4 is 5.78 Å². The Morgan fingerprint density at radius 1 is 1.40 bits per heavy atom. The van der Waals surface area contributed by atoms with E-state index in [1.165, 1.54) is 0 Å². The van der Waals surface area contributed by atoms with E-state index in [1.54, 1.807) is 14.0 Å². The van der Waals surface area contributed by atoms with Crippen LogP contribution in [0.3, 0.4) is 0 Å². The molecule has 1 rings (SSSR count). The van der Waals surface area contributed by atoms with Gasteiger partial charge in [0.25, 0.3) is 0 Å². The van der Waals surface area contributed by atoms with Gasteiger partial charge >= 0.3 is 0 Å². The summed E-state index contributed by atoms with van der Waals surface area (Å²) in [6.07, 6.45) is 0. The molecule has 0 aliphatic carbocycles. The van der Waals surface area contributed by atoms with Crippen molar-refractivity contribution in [1.82, 2.24) is 0 Å². The molecule has 3 nitrogen and oxygen atoms in total. The lowest BCUT2D eigenvalue weighted by Crippen LogP contribution is -2.27. The molecule has 0 spiro atoms. The van der Waals surface area contributed by atoms with E-state index in [9.17, 15) is 4.79 Å². The maximum absolute atomic E-state index is 11.8. The third-order valence-electron chi connectivity index (χ3n) is 2.30. The average Bonchev–Trinajstić information content (AvgIpc) is 2.15. The van der Waals surface area contributed by atoms with E-state index in [0.717, 1.165) is 11.1 Å². The quantitative estimate of drug-likeness (QED) is 0.769. The molecule has 0 fully saturated rings. The van der Waals surface area contributed by atoms with Gasteiger partial charge in [0, 0.05) is 0 Å². The molecule has 2 N–H and O–H groups in total. The van der Waals surface area contributed by atoms with Gasteiger partial charge in [-0.2, -0.15) is 0 Å². The predicted molar refractivity (Wildman–Crippen MR) is 60.4 cm³/mol. The van der Waals surface area contributed by atoms with E-state index in [2.05, 4.69) is 0 Å². The number of carbonyl (C=O) groups excluding carboxylic acids is 1. The normalized spacial score (nSPS) is 12.3. The largest absolute Gasteiger partial charge is 0.496 e. The Kier molecular flexibility index (Phi) is 3.48. The van der Waals surface area contributed by atoms with Gasteiger partial charge in [0.05, 0.1) is 18.7 Å². The maximum atomic E-state index is 11.8. The molecule has 0 heterocycles. The highest BCUT2D eigenvalue weighted by Crippen LogP contribution is 2.25. The van der Waals surface area contributed by atoms with Crippen LogP contribution in [0.5, 0.6) is 5.75 Å². The summed E-state index contributed by atoms with van der Waals surface area (Å²) >= 11 is 0. The molecule has 0 saturated carbocycles. The number of ketones is 1. The van der Waals surface area contributed by atoms with Crippen molar-refractivity contribution in [2.45, 2.75) is 26.8 Å². The van der Waals surface area contributed by atoms with Crippen LogP contribution in [0.15, 0.2) is 12.1 Å². The zero-order valence-electron chi connectivity index (χ0n) is 9.63. The fraction of sp³-hybridized carbons (Fsp3) is 0.417. The highest BCUT2D eigenvalue weighted by Gasteiger charge is 2.17. The van der Waals surface area contributed by atoms with Gasteiger partial charge in [0.1, 0.15) is 5.75 Å². The first-order valence-electron chi connectivity index (χ1n) is 4.92. The first-order valence-corrected chi connectivity index (χ1v) is 4.92. The summed E-state index contributed by atoms with van der Waals surface area (Å²) in [6, 6.07) is 3.30. The van der Waals surface area contributed by atoms with E-state index in [0.29, 0.717) is 11.3 Å². The van der Waals surface area contributed by atoms with E-state index in [4.69, 9.17) is 10.5 Å². The van der Waals surface area contributed by atoms with Crippen LogP contribution in [0.2, 0.25) is 0 Å². The molecule has 0 aromatic heterocycles. The van der Waals surface area contributed by atoms with Crippen LogP contribution in [-0.4, -0.2) is 18.9 Å². The number of Topliss-reactive ketones (excluding diaryl/α,β-unsaturated/α-hetero) is 1. The Morgan fingerprint density at radius 3 is 2.47 bits per heavy atom. The van der Waals surface area contributed by atoms with E-state index in [-0.39, 0.29) is 5.78 Å². The van der Waals surface area contributed by atoms with E-state index in [1.807, 2.05) is 26.0 Å². The van der Waals surface area contributed by atoms with Crippen LogP contribution in [0, 0.1) is 13.8 Å². The van der Waals surface area contributed by atoms with E-state index < -0.39 is 6.04 Å². The summed E-state index contributed by atoms with van der Waals surface area (Å²) in [5.41, 5.74) is 8.16. The lowest BCUT2D eigenvalue weighted by Gasteiger charge is -2.13. The van der Waals surface area contributed by atoms with Gasteiger partial charge in [0.2, 0.25) is 0 Å². The summed E-state index contributed by atoms with van der Waals surface area (Å²) in [6.45, 7) is 5.55. The summed E-state index contributed by atoms with van der Waals surface area (Å²) in [5, 5.41) is 0. The van der Waals surface area contributed by atoms with Gasteiger partial charge in [-0.3, -0.25) is 4.79 Å². The van der Waals surface area contributed by atoms with Gasteiger partial charge in [-0.25, -0.2) is 0 Å². The second kappa shape index (κ2) is 4.45. The highest BCUT2D eigenvalue weighted by molar-refractivity contribution is 6.02. The van der Waals surface area contributed by atoms with Crippen LogP contribution in [0.4, 0.5) is 0 Å². The van der Waals surface area contributed by atoms with Gasteiger partial charge in [-0.15, -0.1) is 0 Å². The third-order valence-corrected chi connectivity index (χ3v) is 2.30. The predicted octanol–water partition coefficient (Wildman–Crippen LogP) is 1.84. The van der Waals surface area contributed by atoms with Crippen LogP contribution < -0.4 is 10.5 Å². The lowest BCUT2D eigenvalue weighted by atomic mass is 9.99. The minimum Gasteiger partial charge on any atom is -0.496 e. The summed E-state index contributed by atoms with van der Waals surface area (Å²) in [5.74, 6) is 0.543. The Labute approximate surface area is 90.2 Å². The number of aryl methyl sites for hydroxylation is 2. The van der Waals surface area contributed by atoms with Crippen LogP contribution in [0.1, 0.15) is 28.4 Å². The molecule has 0 aliphatic rings. The molecule has 1 unspecified atom stereocenters. The zero-order valence-corrected chi connectivity index (χ0v) is 9.63. The molecule has 0 bridgehead atoms. The second-order valence-corrected chi connectivity index (χ2v) is 3.82. The van der Waals surface area contributed by atoms with Gasteiger partial charge in [0.15, 0.2) is 5.78 Å². The first kappa shape index (κ1) is 11.7. The smallest absolute Gasteiger partial charge is 0.182 e. The molecule has 1 atom stereocenters. The number of benzene rings is 1. The number of rotatable bonds is 3. The summed E-state index contributed by atoms with van der Waals surface area (Å²) < 4.78 is 5.23. The average molecular weight is 207 g/mol.